The largest absolute Gasteiger partial charge is 0.493 e. The standard InChI is InChI=1S/C14H23IN2O2/c1-18-13-7-10-17-12(14(13)19-2)11-16-9-6-4-3-5-8-15/h7,10,16H,3-6,8-9,11H2,1-2H3. The minimum Gasteiger partial charge on any atom is -0.493 e. The van der Waals surface area contributed by atoms with Crippen LogP contribution in [0.1, 0.15) is 31.4 Å². The highest BCUT2D eigenvalue weighted by molar-refractivity contribution is 14.1. The van der Waals surface area contributed by atoms with Gasteiger partial charge in [-0.2, -0.15) is 0 Å². The van der Waals surface area contributed by atoms with E-state index in [1.807, 2.05) is 6.07 Å². The molecule has 0 spiro atoms. The molecule has 0 amide bonds. The van der Waals surface area contributed by atoms with Crippen molar-refractivity contribution in [2.75, 3.05) is 25.2 Å². The highest BCUT2D eigenvalue weighted by Crippen LogP contribution is 2.28. The predicted molar refractivity (Wildman–Crippen MR) is 86.4 cm³/mol. The molecule has 0 aliphatic heterocycles. The SMILES string of the molecule is COc1ccnc(CNCCCCCCI)c1OC. The van der Waals surface area contributed by atoms with Crippen LogP contribution < -0.4 is 14.8 Å². The lowest BCUT2D eigenvalue weighted by Gasteiger charge is -2.12. The Morgan fingerprint density at radius 1 is 1.16 bits per heavy atom. The zero-order chi connectivity index (χ0) is 13.9. The first kappa shape index (κ1) is 16.5. The fraction of sp³-hybridized carbons (Fsp3) is 0.643. The molecule has 1 rings (SSSR count). The van der Waals surface area contributed by atoms with Gasteiger partial charge >= 0.3 is 0 Å². The fourth-order valence-corrected chi connectivity index (χ4v) is 2.42. The van der Waals surface area contributed by atoms with Crippen LogP contribution in [0.15, 0.2) is 12.3 Å². The van der Waals surface area contributed by atoms with Crippen molar-refractivity contribution in [3.05, 3.63) is 18.0 Å². The number of hydrogen-bond acceptors (Lipinski definition) is 4. The topological polar surface area (TPSA) is 43.4 Å². The van der Waals surface area contributed by atoms with E-state index >= 15 is 0 Å². The summed E-state index contributed by atoms with van der Waals surface area (Å²) in [5, 5.41) is 3.40. The molecule has 0 saturated heterocycles. The maximum Gasteiger partial charge on any atom is 0.183 e. The molecule has 0 atom stereocenters. The van der Waals surface area contributed by atoms with Crippen molar-refractivity contribution in [3.8, 4) is 11.5 Å². The van der Waals surface area contributed by atoms with Gasteiger partial charge in [0.15, 0.2) is 11.5 Å². The molecule has 1 N–H and O–H groups in total. The molecule has 108 valence electrons. The molecule has 0 aliphatic rings. The number of unbranched alkanes of at least 4 members (excludes halogenated alkanes) is 3. The van der Waals surface area contributed by atoms with E-state index in [0.717, 1.165) is 23.7 Å². The number of halogens is 1. The molecule has 0 aromatic carbocycles. The molecule has 0 fully saturated rings. The number of hydrogen-bond donors (Lipinski definition) is 1. The maximum atomic E-state index is 5.35. The number of nitrogens with zero attached hydrogens (tertiary/aromatic N) is 1. The number of pyridine rings is 1. The number of nitrogens with one attached hydrogen (secondary N) is 1. The second-order valence-corrected chi connectivity index (χ2v) is 5.35. The Labute approximate surface area is 129 Å². The summed E-state index contributed by atoms with van der Waals surface area (Å²) in [6.07, 6.45) is 6.90. The average molecular weight is 378 g/mol. The van der Waals surface area contributed by atoms with Gasteiger partial charge in [-0.15, -0.1) is 0 Å². The van der Waals surface area contributed by atoms with E-state index in [1.165, 1.54) is 30.1 Å². The van der Waals surface area contributed by atoms with Crippen molar-refractivity contribution in [2.45, 2.75) is 32.2 Å². The van der Waals surface area contributed by atoms with E-state index in [4.69, 9.17) is 9.47 Å². The summed E-state index contributed by atoms with van der Waals surface area (Å²) in [6, 6.07) is 1.81. The molecule has 5 heteroatoms. The zero-order valence-electron chi connectivity index (χ0n) is 11.7. The van der Waals surface area contributed by atoms with Gasteiger partial charge < -0.3 is 14.8 Å². The van der Waals surface area contributed by atoms with E-state index in [9.17, 15) is 0 Å². The number of rotatable bonds is 10. The Bertz CT molecular complexity index is 361. The van der Waals surface area contributed by atoms with E-state index in [0.29, 0.717) is 6.54 Å². The van der Waals surface area contributed by atoms with Gasteiger partial charge in [-0.1, -0.05) is 35.4 Å². The van der Waals surface area contributed by atoms with Crippen LogP contribution >= 0.6 is 22.6 Å². The van der Waals surface area contributed by atoms with Crippen molar-refractivity contribution in [3.63, 3.8) is 0 Å². The van der Waals surface area contributed by atoms with Crippen LogP contribution in [0.3, 0.4) is 0 Å². The van der Waals surface area contributed by atoms with Crippen LogP contribution in [0.25, 0.3) is 0 Å². The quantitative estimate of drug-likeness (QED) is 0.386. The lowest BCUT2D eigenvalue weighted by atomic mass is 10.2. The van der Waals surface area contributed by atoms with Crippen molar-refractivity contribution in [2.24, 2.45) is 0 Å². The van der Waals surface area contributed by atoms with Crippen LogP contribution in [-0.2, 0) is 6.54 Å². The van der Waals surface area contributed by atoms with Crippen molar-refractivity contribution in [1.29, 1.82) is 0 Å². The highest BCUT2D eigenvalue weighted by Gasteiger charge is 2.09. The molecule has 0 unspecified atom stereocenters. The second kappa shape index (κ2) is 10.3. The number of alkyl halides is 1. The van der Waals surface area contributed by atoms with Gasteiger partial charge in [0.05, 0.1) is 19.9 Å². The van der Waals surface area contributed by atoms with Crippen LogP contribution in [0.4, 0.5) is 0 Å². The molecule has 19 heavy (non-hydrogen) atoms. The van der Waals surface area contributed by atoms with Crippen LogP contribution in [0.2, 0.25) is 0 Å². The molecule has 1 aromatic heterocycles. The van der Waals surface area contributed by atoms with Gasteiger partial charge in [0.2, 0.25) is 0 Å². The summed E-state index contributed by atoms with van der Waals surface area (Å²) in [7, 11) is 3.29. The van der Waals surface area contributed by atoms with Gasteiger partial charge in [-0.05, 0) is 23.8 Å². The van der Waals surface area contributed by atoms with E-state index in [1.54, 1.807) is 20.4 Å². The smallest absolute Gasteiger partial charge is 0.183 e. The Hall–Kier alpha value is -0.560. The first-order valence-electron chi connectivity index (χ1n) is 6.66. The van der Waals surface area contributed by atoms with E-state index in [-0.39, 0.29) is 0 Å². The van der Waals surface area contributed by atoms with Crippen molar-refractivity contribution < 1.29 is 9.47 Å². The van der Waals surface area contributed by atoms with Gasteiger partial charge in [-0.3, -0.25) is 4.98 Å². The third-order valence-electron chi connectivity index (χ3n) is 2.90. The second-order valence-electron chi connectivity index (χ2n) is 4.27. The van der Waals surface area contributed by atoms with Crippen LogP contribution in [0.5, 0.6) is 11.5 Å². The first-order valence-corrected chi connectivity index (χ1v) is 8.18. The summed E-state index contributed by atoms with van der Waals surface area (Å²) in [5.74, 6) is 1.46. The lowest BCUT2D eigenvalue weighted by Crippen LogP contribution is -2.16. The maximum absolute atomic E-state index is 5.35. The molecule has 1 aromatic rings. The average Bonchev–Trinajstić information content (AvgIpc) is 2.45. The molecule has 0 aliphatic carbocycles. The van der Waals surface area contributed by atoms with Crippen LogP contribution in [0, 0.1) is 0 Å². The molecular weight excluding hydrogens is 355 g/mol. The Kier molecular flexibility index (Phi) is 8.90. The van der Waals surface area contributed by atoms with Gasteiger partial charge in [0.1, 0.15) is 0 Å². The van der Waals surface area contributed by atoms with E-state index < -0.39 is 0 Å². The number of aromatic nitrogens is 1. The predicted octanol–water partition coefficient (Wildman–Crippen LogP) is 3.18. The minimum atomic E-state index is 0.715. The molecule has 0 saturated carbocycles. The third-order valence-corrected chi connectivity index (χ3v) is 3.66. The van der Waals surface area contributed by atoms with Crippen LogP contribution in [-0.4, -0.2) is 30.2 Å². The fourth-order valence-electron chi connectivity index (χ4n) is 1.88. The molecule has 4 nitrogen and oxygen atoms in total. The third kappa shape index (κ3) is 5.95. The first-order chi connectivity index (χ1) is 9.33. The number of methoxy groups -OCH3 is 2. The van der Waals surface area contributed by atoms with Gasteiger partial charge in [0.25, 0.3) is 0 Å². The van der Waals surface area contributed by atoms with E-state index in [2.05, 4.69) is 32.9 Å². The normalized spacial score (nSPS) is 10.5. The highest BCUT2D eigenvalue weighted by atomic mass is 127. The summed E-state index contributed by atoms with van der Waals surface area (Å²) in [5.41, 5.74) is 0.897. The van der Waals surface area contributed by atoms with Gasteiger partial charge in [0, 0.05) is 18.8 Å². The Balaban J connectivity index is 2.33. The summed E-state index contributed by atoms with van der Waals surface area (Å²) in [6.45, 7) is 1.73. The molecular formula is C14H23IN2O2. The van der Waals surface area contributed by atoms with Crippen molar-refractivity contribution >= 4 is 22.6 Å². The number of ether oxygens (including phenoxy) is 2. The minimum absolute atomic E-state index is 0.715. The summed E-state index contributed by atoms with van der Waals surface area (Å²) in [4.78, 5) is 4.34. The van der Waals surface area contributed by atoms with Crippen molar-refractivity contribution in [1.82, 2.24) is 10.3 Å². The Morgan fingerprint density at radius 3 is 2.63 bits per heavy atom. The molecule has 0 radical (unpaired) electrons. The monoisotopic (exact) mass is 378 g/mol. The summed E-state index contributed by atoms with van der Waals surface area (Å²) >= 11 is 2.43. The molecule has 1 heterocycles. The Morgan fingerprint density at radius 2 is 1.95 bits per heavy atom. The lowest BCUT2D eigenvalue weighted by molar-refractivity contribution is 0.348. The van der Waals surface area contributed by atoms with Gasteiger partial charge in [-0.25, -0.2) is 0 Å². The zero-order valence-corrected chi connectivity index (χ0v) is 13.9. The molecule has 0 bridgehead atoms. The summed E-state index contributed by atoms with van der Waals surface area (Å²) < 4.78 is 11.9.